The molecule has 0 spiro atoms. The summed E-state index contributed by atoms with van der Waals surface area (Å²) in [5.74, 6) is -0.962. The van der Waals surface area contributed by atoms with Gasteiger partial charge in [0, 0.05) is 38.1 Å². The van der Waals surface area contributed by atoms with Crippen LogP contribution in [-0.4, -0.2) is 47.8 Å². The molecule has 1 heterocycles. The molecule has 1 aliphatic rings. The maximum Gasteiger partial charge on any atom is 0.256 e. The molecular weight excluding hydrogens is 283 g/mol. The summed E-state index contributed by atoms with van der Waals surface area (Å²) in [5.41, 5.74) is -0.0197. The summed E-state index contributed by atoms with van der Waals surface area (Å²) in [7, 11) is 0. The van der Waals surface area contributed by atoms with Gasteiger partial charge >= 0.3 is 0 Å². The predicted octanol–water partition coefficient (Wildman–Crippen LogP) is 2.17. The van der Waals surface area contributed by atoms with Gasteiger partial charge in [0.2, 0.25) is 5.91 Å². The lowest BCUT2D eigenvalue weighted by molar-refractivity contribution is -0.128. The second kappa shape index (κ2) is 6.22. The number of halogens is 2. The smallest absolute Gasteiger partial charge is 0.256 e. The molecule has 0 radical (unpaired) electrons. The third kappa shape index (κ3) is 3.28. The van der Waals surface area contributed by atoms with Crippen molar-refractivity contribution in [2.75, 3.05) is 26.2 Å². The summed E-state index contributed by atoms with van der Waals surface area (Å²) in [6, 6.07) is 3.94. The Bertz CT molecular complexity index is 536. The second-order valence-corrected chi connectivity index (χ2v) is 5.21. The van der Waals surface area contributed by atoms with Crippen molar-refractivity contribution in [2.24, 2.45) is 0 Å². The molecular formula is C14H16ClFN2O2. The van der Waals surface area contributed by atoms with Gasteiger partial charge in [-0.25, -0.2) is 4.39 Å². The first-order valence-corrected chi connectivity index (χ1v) is 6.86. The molecule has 6 heteroatoms. The summed E-state index contributed by atoms with van der Waals surface area (Å²) < 4.78 is 13.7. The van der Waals surface area contributed by atoms with Crippen molar-refractivity contribution in [1.82, 2.24) is 9.80 Å². The Morgan fingerprint density at radius 1 is 1.15 bits per heavy atom. The van der Waals surface area contributed by atoms with E-state index in [9.17, 15) is 14.0 Å². The zero-order valence-electron chi connectivity index (χ0n) is 11.2. The van der Waals surface area contributed by atoms with Crippen molar-refractivity contribution in [2.45, 2.75) is 13.3 Å². The SMILES string of the molecule is CC(=O)N1CCCN(C(=O)c2cc(Cl)ccc2F)CC1. The van der Waals surface area contributed by atoms with Crippen LogP contribution in [0.5, 0.6) is 0 Å². The molecule has 1 aromatic carbocycles. The molecule has 0 bridgehead atoms. The van der Waals surface area contributed by atoms with Crippen LogP contribution < -0.4 is 0 Å². The van der Waals surface area contributed by atoms with E-state index in [1.807, 2.05) is 0 Å². The van der Waals surface area contributed by atoms with Crippen molar-refractivity contribution in [3.8, 4) is 0 Å². The minimum Gasteiger partial charge on any atom is -0.341 e. The monoisotopic (exact) mass is 298 g/mol. The Kier molecular flexibility index (Phi) is 4.60. The van der Waals surface area contributed by atoms with E-state index in [0.717, 1.165) is 0 Å². The molecule has 0 atom stereocenters. The number of benzene rings is 1. The Balaban J connectivity index is 2.13. The average molecular weight is 299 g/mol. The zero-order chi connectivity index (χ0) is 14.7. The van der Waals surface area contributed by atoms with Crippen LogP contribution in [0, 0.1) is 5.82 Å². The summed E-state index contributed by atoms with van der Waals surface area (Å²) in [5, 5.41) is 0.329. The van der Waals surface area contributed by atoms with Gasteiger partial charge in [-0.05, 0) is 24.6 Å². The standard InChI is InChI=1S/C14H16ClFN2O2/c1-10(19)17-5-2-6-18(8-7-17)14(20)12-9-11(15)3-4-13(12)16/h3-4,9H,2,5-8H2,1H3. The molecule has 2 amide bonds. The average Bonchev–Trinajstić information content (AvgIpc) is 2.66. The summed E-state index contributed by atoms with van der Waals surface area (Å²) in [6.07, 6.45) is 0.688. The van der Waals surface area contributed by atoms with Crippen molar-refractivity contribution in [3.63, 3.8) is 0 Å². The molecule has 4 nitrogen and oxygen atoms in total. The van der Waals surface area contributed by atoms with Gasteiger partial charge in [0.25, 0.3) is 5.91 Å². The molecule has 1 aliphatic heterocycles. The van der Waals surface area contributed by atoms with E-state index >= 15 is 0 Å². The molecule has 0 aromatic heterocycles. The van der Waals surface area contributed by atoms with Crippen molar-refractivity contribution >= 4 is 23.4 Å². The maximum atomic E-state index is 13.7. The van der Waals surface area contributed by atoms with Crippen LogP contribution >= 0.6 is 11.6 Å². The van der Waals surface area contributed by atoms with Crippen LogP contribution in [0.4, 0.5) is 4.39 Å². The van der Waals surface area contributed by atoms with E-state index in [1.54, 1.807) is 9.80 Å². The molecule has 0 unspecified atom stereocenters. The summed E-state index contributed by atoms with van der Waals surface area (Å²) in [6.45, 7) is 3.52. The van der Waals surface area contributed by atoms with Gasteiger partial charge in [0.1, 0.15) is 5.82 Å². The van der Waals surface area contributed by atoms with Gasteiger partial charge in [0.15, 0.2) is 0 Å². The molecule has 1 aromatic rings. The molecule has 20 heavy (non-hydrogen) atoms. The van der Waals surface area contributed by atoms with Crippen LogP contribution in [0.1, 0.15) is 23.7 Å². The first-order valence-electron chi connectivity index (χ1n) is 6.49. The highest BCUT2D eigenvalue weighted by Gasteiger charge is 2.23. The predicted molar refractivity (Wildman–Crippen MR) is 74.2 cm³/mol. The van der Waals surface area contributed by atoms with E-state index in [0.29, 0.717) is 37.6 Å². The Morgan fingerprint density at radius 3 is 2.50 bits per heavy atom. The lowest BCUT2D eigenvalue weighted by Gasteiger charge is -2.21. The number of carbonyl (C=O) groups is 2. The van der Waals surface area contributed by atoms with Crippen molar-refractivity contribution in [1.29, 1.82) is 0 Å². The Labute approximate surface area is 122 Å². The molecule has 2 rings (SSSR count). The number of amides is 2. The molecule has 108 valence electrons. The van der Waals surface area contributed by atoms with Crippen LogP contribution in [0.2, 0.25) is 5.02 Å². The number of hydrogen-bond donors (Lipinski definition) is 0. The molecule has 0 N–H and O–H groups in total. The summed E-state index contributed by atoms with van der Waals surface area (Å²) >= 11 is 5.81. The van der Waals surface area contributed by atoms with Crippen LogP contribution in [0.3, 0.4) is 0 Å². The number of rotatable bonds is 1. The third-order valence-corrected chi connectivity index (χ3v) is 3.62. The van der Waals surface area contributed by atoms with Gasteiger partial charge in [-0.3, -0.25) is 9.59 Å². The zero-order valence-corrected chi connectivity index (χ0v) is 12.0. The van der Waals surface area contributed by atoms with E-state index in [1.165, 1.54) is 25.1 Å². The fourth-order valence-electron chi connectivity index (χ4n) is 2.27. The van der Waals surface area contributed by atoms with Gasteiger partial charge in [-0.1, -0.05) is 11.6 Å². The molecule has 1 saturated heterocycles. The maximum absolute atomic E-state index is 13.7. The Morgan fingerprint density at radius 2 is 1.80 bits per heavy atom. The third-order valence-electron chi connectivity index (χ3n) is 3.39. The minimum absolute atomic E-state index is 0.00626. The lowest BCUT2D eigenvalue weighted by Crippen LogP contribution is -2.36. The highest BCUT2D eigenvalue weighted by Crippen LogP contribution is 2.17. The minimum atomic E-state index is -0.577. The first-order chi connectivity index (χ1) is 9.49. The number of nitrogens with zero attached hydrogens (tertiary/aromatic N) is 2. The normalized spacial score (nSPS) is 15.9. The van der Waals surface area contributed by atoms with Gasteiger partial charge in [0.05, 0.1) is 5.56 Å². The van der Waals surface area contributed by atoms with E-state index in [4.69, 9.17) is 11.6 Å². The van der Waals surface area contributed by atoms with E-state index in [2.05, 4.69) is 0 Å². The van der Waals surface area contributed by atoms with E-state index in [-0.39, 0.29) is 17.4 Å². The number of carbonyl (C=O) groups excluding carboxylic acids is 2. The van der Waals surface area contributed by atoms with Crippen LogP contribution in [0.25, 0.3) is 0 Å². The fourth-order valence-corrected chi connectivity index (χ4v) is 2.44. The molecule has 1 fully saturated rings. The molecule has 0 aliphatic carbocycles. The van der Waals surface area contributed by atoms with Crippen molar-refractivity contribution in [3.05, 3.63) is 34.6 Å². The number of hydrogen-bond acceptors (Lipinski definition) is 2. The summed E-state index contributed by atoms with van der Waals surface area (Å²) in [4.78, 5) is 26.9. The quantitative estimate of drug-likeness (QED) is 0.797. The van der Waals surface area contributed by atoms with Gasteiger partial charge < -0.3 is 9.80 Å². The van der Waals surface area contributed by atoms with Crippen LogP contribution in [-0.2, 0) is 4.79 Å². The second-order valence-electron chi connectivity index (χ2n) is 4.78. The highest BCUT2D eigenvalue weighted by atomic mass is 35.5. The van der Waals surface area contributed by atoms with Crippen LogP contribution in [0.15, 0.2) is 18.2 Å². The van der Waals surface area contributed by atoms with Gasteiger partial charge in [-0.15, -0.1) is 0 Å². The van der Waals surface area contributed by atoms with Crippen molar-refractivity contribution < 1.29 is 14.0 Å². The first kappa shape index (κ1) is 14.8. The van der Waals surface area contributed by atoms with Gasteiger partial charge in [-0.2, -0.15) is 0 Å². The largest absolute Gasteiger partial charge is 0.341 e. The lowest BCUT2D eigenvalue weighted by atomic mass is 10.2. The molecule has 0 saturated carbocycles. The Hall–Kier alpha value is -1.62. The fraction of sp³-hybridized carbons (Fsp3) is 0.429. The highest BCUT2D eigenvalue weighted by molar-refractivity contribution is 6.31. The topological polar surface area (TPSA) is 40.6 Å². The van der Waals surface area contributed by atoms with E-state index < -0.39 is 5.82 Å².